The fourth-order valence-corrected chi connectivity index (χ4v) is 4.73. The zero-order valence-electron chi connectivity index (χ0n) is 19.3. The van der Waals surface area contributed by atoms with Crippen LogP contribution in [0.4, 0.5) is 17.3 Å². The molecule has 1 saturated heterocycles. The number of ether oxygens (including phenoxy) is 1. The lowest BCUT2D eigenvalue weighted by Crippen LogP contribution is -2.46. The second-order valence-electron chi connectivity index (χ2n) is 9.03. The summed E-state index contributed by atoms with van der Waals surface area (Å²) < 4.78 is 6.28. The largest absolute Gasteiger partial charge is 0.488 e. The molecule has 0 bridgehead atoms. The number of aromatic nitrogens is 2. The van der Waals surface area contributed by atoms with Crippen LogP contribution in [-0.4, -0.2) is 64.9 Å². The first-order valence-electron chi connectivity index (χ1n) is 12.1. The number of anilines is 3. The summed E-state index contributed by atoms with van der Waals surface area (Å²) in [5, 5.41) is 14.1. The molecule has 7 nitrogen and oxygen atoms in total. The van der Waals surface area contributed by atoms with Crippen molar-refractivity contribution in [2.45, 2.75) is 44.8 Å². The van der Waals surface area contributed by atoms with E-state index in [1.807, 2.05) is 24.4 Å². The van der Waals surface area contributed by atoms with Gasteiger partial charge >= 0.3 is 0 Å². The molecule has 0 amide bonds. The lowest BCUT2D eigenvalue weighted by molar-refractivity contribution is 0.0672. The smallest absolute Gasteiger partial charge is 0.227 e. The minimum atomic E-state index is -0.192. The van der Waals surface area contributed by atoms with Gasteiger partial charge in [0.05, 0.1) is 12.2 Å². The van der Waals surface area contributed by atoms with Gasteiger partial charge in [-0.25, -0.2) is 9.97 Å². The molecule has 2 fully saturated rings. The number of nitrogens with one attached hydrogen (secondary N) is 1. The first kappa shape index (κ1) is 21.9. The number of aliphatic hydroxyl groups is 1. The normalized spacial score (nSPS) is 21.8. The van der Waals surface area contributed by atoms with Gasteiger partial charge in [-0.3, -0.25) is 0 Å². The summed E-state index contributed by atoms with van der Waals surface area (Å²) in [6.07, 6.45) is 5.09. The number of nitrogens with zero attached hydrogens (tertiary/aromatic N) is 4. The van der Waals surface area contributed by atoms with Crippen LogP contribution in [0.25, 0.3) is 10.9 Å². The van der Waals surface area contributed by atoms with Crippen LogP contribution in [0.5, 0.6) is 5.75 Å². The van der Waals surface area contributed by atoms with E-state index in [-0.39, 0.29) is 12.2 Å². The summed E-state index contributed by atoms with van der Waals surface area (Å²) in [7, 11) is 0. The molecule has 2 aliphatic rings. The summed E-state index contributed by atoms with van der Waals surface area (Å²) in [5.74, 6) is 1.34. The zero-order chi connectivity index (χ0) is 22.6. The number of rotatable bonds is 6. The van der Waals surface area contributed by atoms with Gasteiger partial charge in [-0.1, -0.05) is 19.1 Å². The number of aliphatic hydroxyl groups excluding tert-OH is 1. The molecular weight excluding hydrogens is 414 g/mol. The Bertz CT molecular complexity index is 1060. The molecule has 0 unspecified atom stereocenters. The topological polar surface area (TPSA) is 73.8 Å². The summed E-state index contributed by atoms with van der Waals surface area (Å²) >= 11 is 0. The third-order valence-corrected chi connectivity index (χ3v) is 6.82. The van der Waals surface area contributed by atoms with Crippen LogP contribution >= 0.6 is 0 Å². The molecule has 0 radical (unpaired) electrons. The predicted octanol–water partition coefficient (Wildman–Crippen LogP) is 4.20. The summed E-state index contributed by atoms with van der Waals surface area (Å²) in [4.78, 5) is 14.2. The van der Waals surface area contributed by atoms with E-state index in [2.05, 4.69) is 51.3 Å². The van der Waals surface area contributed by atoms with Crippen molar-refractivity contribution in [2.75, 3.05) is 42.9 Å². The molecule has 7 heteroatoms. The van der Waals surface area contributed by atoms with E-state index in [9.17, 15) is 5.11 Å². The average molecular weight is 448 g/mol. The van der Waals surface area contributed by atoms with Crippen LogP contribution < -0.4 is 15.0 Å². The van der Waals surface area contributed by atoms with Gasteiger partial charge in [-0.15, -0.1) is 0 Å². The molecule has 0 spiro atoms. The number of benzene rings is 2. The SMILES string of the molecule is CCN1CCN(c2ccc(Nc3ncc4cccc(OC5CCC(O)CC5)c4n3)cc2)CC1. The molecule has 1 aromatic heterocycles. The second-order valence-corrected chi connectivity index (χ2v) is 9.03. The van der Waals surface area contributed by atoms with Crippen molar-refractivity contribution in [3.8, 4) is 5.75 Å². The Labute approximate surface area is 195 Å². The monoisotopic (exact) mass is 447 g/mol. The molecule has 2 aromatic carbocycles. The van der Waals surface area contributed by atoms with Gasteiger partial charge in [0.15, 0.2) is 0 Å². The first-order chi connectivity index (χ1) is 16.2. The predicted molar refractivity (Wildman–Crippen MR) is 132 cm³/mol. The molecule has 174 valence electrons. The van der Waals surface area contributed by atoms with Crippen molar-refractivity contribution < 1.29 is 9.84 Å². The van der Waals surface area contributed by atoms with Gasteiger partial charge in [-0.2, -0.15) is 0 Å². The van der Waals surface area contributed by atoms with Crippen LogP contribution in [0.1, 0.15) is 32.6 Å². The van der Waals surface area contributed by atoms with Gasteiger partial charge in [-0.05, 0) is 62.6 Å². The number of piperazine rings is 1. The molecule has 3 aromatic rings. The van der Waals surface area contributed by atoms with E-state index in [4.69, 9.17) is 9.72 Å². The first-order valence-corrected chi connectivity index (χ1v) is 12.1. The van der Waals surface area contributed by atoms with Gasteiger partial charge in [0.1, 0.15) is 11.3 Å². The Morgan fingerprint density at radius 3 is 2.48 bits per heavy atom. The third kappa shape index (κ3) is 5.20. The quantitative estimate of drug-likeness (QED) is 0.587. The number of hydrogen-bond acceptors (Lipinski definition) is 7. The lowest BCUT2D eigenvalue weighted by Gasteiger charge is -2.35. The highest BCUT2D eigenvalue weighted by atomic mass is 16.5. The van der Waals surface area contributed by atoms with Crippen LogP contribution in [0.15, 0.2) is 48.7 Å². The average Bonchev–Trinajstić information content (AvgIpc) is 2.86. The maximum atomic E-state index is 9.76. The molecule has 1 saturated carbocycles. The maximum Gasteiger partial charge on any atom is 0.227 e. The van der Waals surface area contributed by atoms with Crippen molar-refractivity contribution in [2.24, 2.45) is 0 Å². The number of hydrogen-bond donors (Lipinski definition) is 2. The van der Waals surface area contributed by atoms with Crippen molar-refractivity contribution >= 4 is 28.2 Å². The second kappa shape index (κ2) is 9.93. The van der Waals surface area contributed by atoms with Crippen molar-refractivity contribution in [1.82, 2.24) is 14.9 Å². The molecule has 5 rings (SSSR count). The van der Waals surface area contributed by atoms with Crippen LogP contribution in [-0.2, 0) is 0 Å². The standard InChI is InChI=1S/C26H33N5O2/c1-2-30-14-16-31(17-15-30)21-8-6-20(7-9-21)28-26-27-18-19-4-3-5-24(25(19)29-26)33-23-12-10-22(32)11-13-23/h3-9,18,22-23,32H,2,10-17H2,1H3,(H,27,28,29). The Morgan fingerprint density at radius 2 is 1.76 bits per heavy atom. The fraction of sp³-hybridized carbons (Fsp3) is 0.462. The minimum absolute atomic E-state index is 0.122. The molecule has 2 N–H and O–H groups in total. The van der Waals surface area contributed by atoms with E-state index < -0.39 is 0 Å². The summed E-state index contributed by atoms with van der Waals surface area (Å²) in [5.41, 5.74) is 3.03. The van der Waals surface area contributed by atoms with Gasteiger partial charge in [0.2, 0.25) is 5.95 Å². The van der Waals surface area contributed by atoms with E-state index >= 15 is 0 Å². The van der Waals surface area contributed by atoms with Gasteiger partial charge < -0.3 is 25.0 Å². The van der Waals surface area contributed by atoms with Gasteiger partial charge in [0, 0.05) is 49.1 Å². The molecule has 1 aliphatic heterocycles. The molecule has 33 heavy (non-hydrogen) atoms. The Hall–Kier alpha value is -2.90. The zero-order valence-corrected chi connectivity index (χ0v) is 19.3. The van der Waals surface area contributed by atoms with Crippen molar-refractivity contribution in [1.29, 1.82) is 0 Å². The van der Waals surface area contributed by atoms with Gasteiger partial charge in [0.25, 0.3) is 0 Å². The molecular formula is C26H33N5O2. The highest BCUT2D eigenvalue weighted by molar-refractivity contribution is 5.85. The van der Waals surface area contributed by atoms with E-state index in [1.54, 1.807) is 0 Å². The highest BCUT2D eigenvalue weighted by Gasteiger charge is 2.21. The number of fused-ring (bicyclic) bond motifs is 1. The maximum absolute atomic E-state index is 9.76. The summed E-state index contributed by atoms with van der Waals surface area (Å²) in [6, 6.07) is 14.5. The third-order valence-electron chi connectivity index (χ3n) is 6.82. The number of para-hydroxylation sites is 1. The van der Waals surface area contributed by atoms with Crippen LogP contribution in [0.3, 0.4) is 0 Å². The Kier molecular flexibility index (Phi) is 6.60. The molecule has 0 atom stereocenters. The lowest BCUT2D eigenvalue weighted by atomic mass is 9.95. The van der Waals surface area contributed by atoms with Crippen molar-refractivity contribution in [3.63, 3.8) is 0 Å². The minimum Gasteiger partial charge on any atom is -0.488 e. The Balaban J connectivity index is 1.28. The summed E-state index contributed by atoms with van der Waals surface area (Å²) in [6.45, 7) is 7.72. The Morgan fingerprint density at radius 1 is 1.00 bits per heavy atom. The highest BCUT2D eigenvalue weighted by Crippen LogP contribution is 2.30. The van der Waals surface area contributed by atoms with Crippen LogP contribution in [0, 0.1) is 0 Å². The van der Waals surface area contributed by atoms with E-state index in [1.165, 1.54) is 5.69 Å². The molecule has 1 aliphatic carbocycles. The number of likely N-dealkylation sites (N-methyl/N-ethyl adjacent to an activating group) is 1. The van der Waals surface area contributed by atoms with E-state index in [0.717, 1.165) is 80.7 Å². The van der Waals surface area contributed by atoms with Crippen LogP contribution in [0.2, 0.25) is 0 Å². The van der Waals surface area contributed by atoms with E-state index in [0.29, 0.717) is 5.95 Å². The van der Waals surface area contributed by atoms with Crippen molar-refractivity contribution in [3.05, 3.63) is 48.7 Å². The molecule has 2 heterocycles. The fourth-order valence-electron chi connectivity index (χ4n) is 4.73.